The molecule has 108 valence electrons. The molecule has 2 heteroatoms. The van der Waals surface area contributed by atoms with Crippen molar-refractivity contribution in [2.75, 3.05) is 6.61 Å². The largest absolute Gasteiger partial charge is 0.492 e. The minimum absolute atomic E-state index is 0.809. The zero-order valence-electron chi connectivity index (χ0n) is 12.2. The van der Waals surface area contributed by atoms with Crippen LogP contribution in [0, 0.1) is 0 Å². The van der Waals surface area contributed by atoms with Crippen molar-refractivity contribution in [3.05, 3.63) is 40.9 Å². The van der Waals surface area contributed by atoms with E-state index in [1.807, 2.05) is 0 Å². The number of hydrogen-bond acceptors (Lipinski definition) is 1. The van der Waals surface area contributed by atoms with Gasteiger partial charge in [0.1, 0.15) is 5.75 Å². The summed E-state index contributed by atoms with van der Waals surface area (Å²) < 4.78 is 6.98. The van der Waals surface area contributed by atoms with E-state index in [-0.39, 0.29) is 0 Å². The average Bonchev–Trinajstić information content (AvgIpc) is 2.49. The molecule has 0 spiro atoms. The zero-order chi connectivity index (χ0) is 14.2. The molecule has 0 amide bonds. The summed E-state index contributed by atoms with van der Waals surface area (Å²) in [5.74, 6) is 0.956. The Bertz CT molecular complexity index is 536. The fourth-order valence-electron chi connectivity index (χ4n) is 2.39. The zero-order valence-corrected chi connectivity index (χ0v) is 13.8. The number of ether oxygens (including phenoxy) is 1. The van der Waals surface area contributed by atoms with Crippen LogP contribution in [0.15, 0.2) is 40.9 Å². The van der Waals surface area contributed by atoms with Gasteiger partial charge in [0.2, 0.25) is 0 Å². The van der Waals surface area contributed by atoms with Gasteiger partial charge in [0.05, 0.1) is 11.1 Å². The summed E-state index contributed by atoms with van der Waals surface area (Å²) in [4.78, 5) is 0. The van der Waals surface area contributed by atoms with Gasteiger partial charge in [-0.25, -0.2) is 0 Å². The van der Waals surface area contributed by atoms with Crippen molar-refractivity contribution in [1.29, 1.82) is 0 Å². The Kier molecular flexibility index (Phi) is 6.38. The van der Waals surface area contributed by atoms with Crippen molar-refractivity contribution in [1.82, 2.24) is 0 Å². The van der Waals surface area contributed by atoms with Gasteiger partial charge in [0, 0.05) is 0 Å². The maximum Gasteiger partial charge on any atom is 0.134 e. The predicted octanol–water partition coefficient (Wildman–Crippen LogP) is 6.34. The highest BCUT2D eigenvalue weighted by Crippen LogP contribution is 2.33. The molecule has 0 radical (unpaired) electrons. The van der Waals surface area contributed by atoms with E-state index in [0.29, 0.717) is 0 Å². The maximum absolute atomic E-state index is 5.90. The summed E-state index contributed by atoms with van der Waals surface area (Å²) in [6, 6.07) is 12.5. The third-order valence-corrected chi connectivity index (χ3v) is 4.40. The van der Waals surface area contributed by atoms with Gasteiger partial charge in [-0.1, -0.05) is 69.4 Å². The van der Waals surface area contributed by atoms with E-state index in [0.717, 1.165) is 23.2 Å². The van der Waals surface area contributed by atoms with Crippen LogP contribution < -0.4 is 4.74 Å². The molecular weight excluding hydrogens is 312 g/mol. The number of halogens is 1. The number of rotatable bonds is 8. The highest BCUT2D eigenvalue weighted by Gasteiger charge is 2.05. The van der Waals surface area contributed by atoms with E-state index in [1.54, 1.807) is 0 Å². The molecule has 0 aliphatic heterocycles. The molecule has 0 fully saturated rings. The number of unbranched alkanes of at least 4 members (excludes halogenated alkanes) is 5. The Labute approximate surface area is 130 Å². The van der Waals surface area contributed by atoms with Crippen LogP contribution >= 0.6 is 15.9 Å². The van der Waals surface area contributed by atoms with E-state index < -0.39 is 0 Å². The Morgan fingerprint density at radius 1 is 0.900 bits per heavy atom. The molecule has 0 unspecified atom stereocenters. The van der Waals surface area contributed by atoms with Crippen LogP contribution in [0.3, 0.4) is 0 Å². The molecule has 20 heavy (non-hydrogen) atoms. The minimum atomic E-state index is 0.809. The second-order valence-corrected chi connectivity index (χ2v) is 6.01. The molecule has 0 saturated carbocycles. The van der Waals surface area contributed by atoms with Gasteiger partial charge in [-0.15, -0.1) is 0 Å². The molecule has 2 aromatic rings. The molecule has 1 nitrogen and oxygen atoms in total. The fourth-order valence-corrected chi connectivity index (χ4v) is 3.00. The molecule has 0 aliphatic rings. The average molecular weight is 335 g/mol. The molecule has 0 N–H and O–H groups in total. The molecule has 0 bridgehead atoms. The van der Waals surface area contributed by atoms with Crippen LogP contribution in [-0.4, -0.2) is 6.61 Å². The molecule has 0 atom stereocenters. The van der Waals surface area contributed by atoms with Gasteiger partial charge < -0.3 is 4.74 Å². The Balaban J connectivity index is 1.83. The van der Waals surface area contributed by atoms with Crippen molar-refractivity contribution in [3.63, 3.8) is 0 Å². The molecule has 0 saturated heterocycles. The van der Waals surface area contributed by atoms with Crippen LogP contribution in [0.5, 0.6) is 5.75 Å². The van der Waals surface area contributed by atoms with Crippen molar-refractivity contribution >= 4 is 26.7 Å². The molecule has 0 aliphatic carbocycles. The highest BCUT2D eigenvalue weighted by atomic mass is 79.9. The molecular formula is C18H23BrO. The number of benzene rings is 2. The van der Waals surface area contributed by atoms with E-state index in [9.17, 15) is 0 Å². The first-order valence-electron chi connectivity index (χ1n) is 7.63. The van der Waals surface area contributed by atoms with Gasteiger partial charge in [-0.2, -0.15) is 0 Å². The Morgan fingerprint density at radius 3 is 2.50 bits per heavy atom. The summed E-state index contributed by atoms with van der Waals surface area (Å²) in [7, 11) is 0. The smallest absolute Gasteiger partial charge is 0.134 e. The topological polar surface area (TPSA) is 9.23 Å². The van der Waals surface area contributed by atoms with E-state index in [4.69, 9.17) is 4.74 Å². The van der Waals surface area contributed by atoms with Gasteiger partial charge in [0.25, 0.3) is 0 Å². The summed E-state index contributed by atoms with van der Waals surface area (Å²) in [6.45, 7) is 3.06. The molecule has 0 heterocycles. The van der Waals surface area contributed by atoms with Crippen molar-refractivity contribution in [2.45, 2.75) is 45.4 Å². The lowest BCUT2D eigenvalue weighted by Crippen LogP contribution is -1.98. The predicted molar refractivity (Wildman–Crippen MR) is 90.5 cm³/mol. The lowest BCUT2D eigenvalue weighted by atomic mass is 10.1. The minimum Gasteiger partial charge on any atom is -0.492 e. The normalized spacial score (nSPS) is 10.9. The number of fused-ring (bicyclic) bond motifs is 1. The summed E-state index contributed by atoms with van der Waals surface area (Å²) in [5, 5.41) is 2.46. The second-order valence-electron chi connectivity index (χ2n) is 5.22. The second kappa shape index (κ2) is 8.31. The van der Waals surface area contributed by atoms with Gasteiger partial charge in [-0.3, -0.25) is 0 Å². The quantitative estimate of drug-likeness (QED) is 0.511. The highest BCUT2D eigenvalue weighted by molar-refractivity contribution is 9.10. The lowest BCUT2D eigenvalue weighted by Gasteiger charge is -2.10. The van der Waals surface area contributed by atoms with E-state index >= 15 is 0 Å². The molecule has 2 aromatic carbocycles. The fraction of sp³-hybridized carbons (Fsp3) is 0.444. The standard InChI is InChI=1S/C18H23BrO/c1-2-3-4-5-6-9-14-20-17-13-12-15-10-7-8-11-16(15)18(17)19/h7-8,10-13H,2-6,9,14H2,1H3. The van der Waals surface area contributed by atoms with Crippen molar-refractivity contribution < 1.29 is 4.74 Å². The van der Waals surface area contributed by atoms with Crippen LogP contribution in [0.25, 0.3) is 10.8 Å². The van der Waals surface area contributed by atoms with Crippen LogP contribution in [0.1, 0.15) is 45.4 Å². The van der Waals surface area contributed by atoms with Crippen molar-refractivity contribution in [2.24, 2.45) is 0 Å². The third kappa shape index (κ3) is 4.24. The first kappa shape index (κ1) is 15.4. The van der Waals surface area contributed by atoms with E-state index in [2.05, 4.69) is 59.3 Å². The van der Waals surface area contributed by atoms with Crippen LogP contribution in [0.2, 0.25) is 0 Å². The maximum atomic E-state index is 5.90. The van der Waals surface area contributed by atoms with Gasteiger partial charge in [0.15, 0.2) is 0 Å². The van der Waals surface area contributed by atoms with Crippen molar-refractivity contribution in [3.8, 4) is 5.75 Å². The first-order chi connectivity index (χ1) is 9.83. The summed E-state index contributed by atoms with van der Waals surface area (Å²) in [5.41, 5.74) is 0. The Hall–Kier alpha value is -1.02. The van der Waals surface area contributed by atoms with Gasteiger partial charge >= 0.3 is 0 Å². The first-order valence-corrected chi connectivity index (χ1v) is 8.42. The van der Waals surface area contributed by atoms with Crippen LogP contribution in [0.4, 0.5) is 0 Å². The number of hydrogen-bond donors (Lipinski definition) is 0. The van der Waals surface area contributed by atoms with Crippen LogP contribution in [-0.2, 0) is 0 Å². The Morgan fingerprint density at radius 2 is 1.65 bits per heavy atom. The van der Waals surface area contributed by atoms with Gasteiger partial charge in [-0.05, 0) is 39.2 Å². The van der Waals surface area contributed by atoms with E-state index in [1.165, 1.54) is 42.9 Å². The lowest BCUT2D eigenvalue weighted by molar-refractivity contribution is 0.303. The molecule has 2 rings (SSSR count). The third-order valence-electron chi connectivity index (χ3n) is 3.58. The molecule has 0 aromatic heterocycles. The summed E-state index contributed by atoms with van der Waals surface area (Å²) >= 11 is 3.66. The SMILES string of the molecule is CCCCCCCCOc1ccc2ccccc2c1Br. The monoisotopic (exact) mass is 334 g/mol. The summed E-state index contributed by atoms with van der Waals surface area (Å²) in [6.07, 6.45) is 7.76.